The van der Waals surface area contributed by atoms with Crippen LogP contribution in [0, 0.1) is 34.3 Å². The van der Waals surface area contributed by atoms with E-state index in [-0.39, 0.29) is 51.7 Å². The molecule has 2 heterocycles. The lowest BCUT2D eigenvalue weighted by atomic mass is 9.63. The van der Waals surface area contributed by atoms with Gasteiger partial charge in [-0.2, -0.15) is 5.26 Å². The highest BCUT2D eigenvalue weighted by atomic mass is 35.5. The molecule has 1 N–H and O–H groups in total. The highest BCUT2D eigenvalue weighted by Gasteiger charge is 2.59. The van der Waals surface area contributed by atoms with Crippen molar-refractivity contribution in [1.82, 2.24) is 10.2 Å². The summed E-state index contributed by atoms with van der Waals surface area (Å²) < 4.78 is 42.8. The Bertz CT molecular complexity index is 1330. The van der Waals surface area contributed by atoms with Gasteiger partial charge in [-0.1, -0.05) is 62.2 Å². The molecule has 2 aromatic carbocycles. The van der Waals surface area contributed by atoms with Gasteiger partial charge in [0.05, 0.1) is 36.4 Å². The summed E-state index contributed by atoms with van der Waals surface area (Å²) in [6.07, 6.45) is 0.946. The minimum atomic E-state index is -1.53. The summed E-state index contributed by atoms with van der Waals surface area (Å²) >= 11 is 12.3. The van der Waals surface area contributed by atoms with E-state index in [2.05, 4.69) is 11.4 Å². The maximum atomic E-state index is 15.7. The van der Waals surface area contributed by atoms with E-state index in [0.717, 1.165) is 0 Å². The molecule has 0 spiro atoms. The molecule has 0 aliphatic carbocycles. The van der Waals surface area contributed by atoms with Gasteiger partial charge in [0.2, 0.25) is 5.91 Å². The zero-order valence-corrected chi connectivity index (χ0v) is 25.6. The normalized spacial score (nSPS) is 26.2. The number of likely N-dealkylation sites (tertiary alicyclic amines) is 1. The highest BCUT2D eigenvalue weighted by Crippen LogP contribution is 2.56. The Balaban J connectivity index is 1.72. The molecule has 2 aromatic rings. The number of amides is 1. The van der Waals surface area contributed by atoms with Gasteiger partial charge in [0.1, 0.15) is 17.0 Å². The first kappa shape index (κ1) is 31.7. The molecule has 0 bridgehead atoms. The second-order valence-electron chi connectivity index (χ2n) is 12.6. The number of benzene rings is 2. The second-order valence-corrected chi connectivity index (χ2v) is 13.5. The first-order chi connectivity index (χ1) is 19.2. The van der Waals surface area contributed by atoms with Crippen molar-refractivity contribution >= 4 is 29.1 Å². The van der Waals surface area contributed by atoms with Crippen LogP contribution in [0.4, 0.5) is 8.78 Å². The third-order valence-corrected chi connectivity index (χ3v) is 8.32. The maximum Gasteiger partial charge on any atom is 0.234 e. The molecular formula is C31H37Cl2F2N3O3. The molecule has 222 valence electrons. The van der Waals surface area contributed by atoms with Crippen LogP contribution in [0.2, 0.25) is 10.0 Å². The largest absolute Gasteiger partial charge is 0.355 e. The number of ether oxygens (including phenoxy) is 2. The number of rotatable bonds is 8. The molecule has 6 nitrogen and oxygen atoms in total. The van der Waals surface area contributed by atoms with Crippen molar-refractivity contribution in [3.8, 4) is 6.07 Å². The number of hydrogen-bond donors (Lipinski definition) is 1. The number of halogens is 4. The van der Waals surface area contributed by atoms with Crippen LogP contribution in [0.25, 0.3) is 0 Å². The molecule has 10 heteroatoms. The molecule has 2 fully saturated rings. The van der Waals surface area contributed by atoms with Crippen LogP contribution in [-0.2, 0) is 19.7 Å². The predicted octanol–water partition coefficient (Wildman–Crippen LogP) is 6.80. The predicted molar refractivity (Wildman–Crippen MR) is 155 cm³/mol. The Labute approximate surface area is 250 Å². The van der Waals surface area contributed by atoms with Gasteiger partial charge in [0.15, 0.2) is 5.79 Å². The molecule has 4 atom stereocenters. The molecule has 1 amide bonds. The van der Waals surface area contributed by atoms with Crippen molar-refractivity contribution in [3.05, 3.63) is 69.2 Å². The van der Waals surface area contributed by atoms with Crippen molar-refractivity contribution < 1.29 is 23.0 Å². The summed E-state index contributed by atoms with van der Waals surface area (Å²) in [5.74, 6) is -2.74. The molecule has 0 radical (unpaired) electrons. The average Bonchev–Trinajstić information content (AvgIpc) is 3.36. The smallest absolute Gasteiger partial charge is 0.234 e. The lowest BCUT2D eigenvalue weighted by Gasteiger charge is -2.38. The number of hydrogen-bond acceptors (Lipinski definition) is 5. The molecule has 0 saturated carbocycles. The number of carbonyl (C=O) groups excluding carboxylic acids is 1. The fraction of sp³-hybridized carbons (Fsp3) is 0.548. The van der Waals surface area contributed by atoms with Crippen LogP contribution in [0.5, 0.6) is 0 Å². The van der Waals surface area contributed by atoms with Crippen molar-refractivity contribution in [3.63, 3.8) is 0 Å². The van der Waals surface area contributed by atoms with E-state index in [9.17, 15) is 10.1 Å². The zero-order valence-electron chi connectivity index (χ0n) is 24.1. The van der Waals surface area contributed by atoms with E-state index >= 15 is 8.78 Å². The average molecular weight is 609 g/mol. The molecule has 2 aliphatic heterocycles. The van der Waals surface area contributed by atoms with Crippen LogP contribution in [0.15, 0.2) is 36.4 Å². The van der Waals surface area contributed by atoms with Crippen LogP contribution in [0.1, 0.15) is 64.6 Å². The van der Waals surface area contributed by atoms with Gasteiger partial charge in [0.25, 0.3) is 0 Å². The van der Waals surface area contributed by atoms with Gasteiger partial charge in [-0.25, -0.2) is 8.78 Å². The van der Waals surface area contributed by atoms with Gasteiger partial charge in [-0.15, -0.1) is 0 Å². The van der Waals surface area contributed by atoms with Gasteiger partial charge >= 0.3 is 0 Å². The second kappa shape index (κ2) is 12.1. The summed E-state index contributed by atoms with van der Waals surface area (Å²) in [6, 6.07) is 10.2. The van der Waals surface area contributed by atoms with E-state index in [1.54, 1.807) is 17.0 Å². The van der Waals surface area contributed by atoms with Gasteiger partial charge in [0, 0.05) is 29.2 Å². The van der Waals surface area contributed by atoms with Gasteiger partial charge < -0.3 is 14.8 Å². The third-order valence-electron chi connectivity index (χ3n) is 7.79. The van der Waals surface area contributed by atoms with Crippen molar-refractivity contribution in [2.45, 2.75) is 70.8 Å². The molecular weight excluding hydrogens is 571 g/mol. The Hall–Kier alpha value is -2.28. The Morgan fingerprint density at radius 2 is 1.95 bits per heavy atom. The fourth-order valence-corrected chi connectivity index (χ4v) is 6.60. The molecule has 2 saturated heterocycles. The van der Waals surface area contributed by atoms with Crippen molar-refractivity contribution in [2.75, 3.05) is 26.2 Å². The summed E-state index contributed by atoms with van der Waals surface area (Å²) in [7, 11) is 0. The fourth-order valence-electron chi connectivity index (χ4n) is 6.26. The quantitative estimate of drug-likeness (QED) is 0.357. The van der Waals surface area contributed by atoms with Crippen LogP contribution in [-0.4, -0.2) is 48.9 Å². The first-order valence-corrected chi connectivity index (χ1v) is 14.6. The maximum absolute atomic E-state index is 15.7. The Morgan fingerprint density at radius 3 is 2.56 bits per heavy atom. The van der Waals surface area contributed by atoms with Crippen LogP contribution < -0.4 is 5.32 Å². The third kappa shape index (κ3) is 6.87. The van der Waals surface area contributed by atoms with Crippen LogP contribution in [0.3, 0.4) is 0 Å². The van der Waals surface area contributed by atoms with Gasteiger partial charge in [-0.05, 0) is 56.2 Å². The Kier molecular flexibility index (Phi) is 9.37. The van der Waals surface area contributed by atoms with Crippen molar-refractivity contribution in [2.24, 2.45) is 11.3 Å². The molecule has 0 aromatic heterocycles. The number of nitrogens with one attached hydrogen (secondary N) is 1. The highest BCUT2D eigenvalue weighted by molar-refractivity contribution is 6.31. The minimum Gasteiger partial charge on any atom is -0.355 e. The monoisotopic (exact) mass is 607 g/mol. The van der Waals surface area contributed by atoms with Crippen LogP contribution >= 0.6 is 23.2 Å². The summed E-state index contributed by atoms with van der Waals surface area (Å²) in [5, 5.41) is 13.9. The molecule has 2 aliphatic rings. The molecule has 0 unspecified atom stereocenters. The standard InChI is InChI=1S/C31H37Cl2F2N3O3/c1-29(2,3)14-19-15-38(16-26(39)37-12-11-21-17-40-30(4,5)41-21)28(22-7-6-8-24(33)27(22)35)31(19,18-36)23-10-9-20(32)13-25(23)34/h6-10,13,19,21,28H,11-12,14-17H2,1-5H3,(H,37,39)/t19-,21+,28-,31-/m1/s1. The lowest BCUT2D eigenvalue weighted by molar-refractivity contribution is -0.138. The van der Waals surface area contributed by atoms with E-state index in [1.807, 2.05) is 34.6 Å². The van der Waals surface area contributed by atoms with E-state index in [4.69, 9.17) is 32.7 Å². The molecule has 41 heavy (non-hydrogen) atoms. The zero-order chi connectivity index (χ0) is 30.2. The number of nitriles is 1. The Morgan fingerprint density at radius 1 is 1.22 bits per heavy atom. The van der Waals surface area contributed by atoms with E-state index in [0.29, 0.717) is 26.0 Å². The summed E-state index contributed by atoms with van der Waals surface area (Å²) in [4.78, 5) is 15.0. The van der Waals surface area contributed by atoms with E-state index < -0.39 is 34.8 Å². The summed E-state index contributed by atoms with van der Waals surface area (Å²) in [6.45, 7) is 10.7. The van der Waals surface area contributed by atoms with Crippen molar-refractivity contribution in [1.29, 1.82) is 5.26 Å². The summed E-state index contributed by atoms with van der Waals surface area (Å²) in [5.41, 5.74) is -1.53. The number of carbonyl (C=O) groups is 1. The minimum absolute atomic E-state index is 0.115. The van der Waals surface area contributed by atoms with E-state index in [1.165, 1.54) is 24.3 Å². The first-order valence-electron chi connectivity index (χ1n) is 13.8. The topological polar surface area (TPSA) is 74.6 Å². The lowest BCUT2D eigenvalue weighted by Crippen LogP contribution is -2.42. The molecule has 4 rings (SSSR count). The van der Waals surface area contributed by atoms with Gasteiger partial charge in [-0.3, -0.25) is 9.69 Å². The number of nitrogens with zero attached hydrogens (tertiary/aromatic N) is 2. The SMILES string of the molecule is CC(C)(C)C[C@@H]1CN(CC(=O)NCC[C@H]2COC(C)(C)O2)[C@H](c2cccc(Cl)c2F)[C@@]1(C#N)c1ccc(Cl)cc1F.